The van der Waals surface area contributed by atoms with Gasteiger partial charge in [0.2, 0.25) is 0 Å². The molecule has 0 aliphatic rings. The van der Waals surface area contributed by atoms with Crippen LogP contribution >= 0.6 is 0 Å². The SMILES string of the molecule is [Li][CH](COC(=O)C(=C)C)S(=O)(=O)O. The summed E-state index contributed by atoms with van der Waals surface area (Å²) in [6, 6.07) is 0. The Morgan fingerprint density at radius 2 is 2.15 bits per heavy atom. The van der Waals surface area contributed by atoms with Gasteiger partial charge in [0.05, 0.1) is 0 Å². The first kappa shape index (κ1) is 12.7. The average Bonchev–Trinajstić information content (AvgIpc) is 1.97. The third-order valence-electron chi connectivity index (χ3n) is 1.31. The van der Waals surface area contributed by atoms with Crippen LogP contribution in [-0.2, 0) is 19.6 Å². The molecule has 0 aliphatic heterocycles. The first-order valence-electron chi connectivity index (χ1n) is 3.54. The molecule has 1 N–H and O–H groups in total. The Balaban J connectivity index is 4.06. The van der Waals surface area contributed by atoms with Crippen molar-refractivity contribution in [3.8, 4) is 0 Å². The van der Waals surface area contributed by atoms with Gasteiger partial charge in [-0.05, 0) is 0 Å². The summed E-state index contributed by atoms with van der Waals surface area (Å²) in [6.45, 7) is 4.38. The van der Waals surface area contributed by atoms with Crippen molar-refractivity contribution >= 4 is 33.8 Å². The molecule has 0 aromatic heterocycles. The van der Waals surface area contributed by atoms with Crippen molar-refractivity contribution in [3.05, 3.63) is 12.2 Å². The van der Waals surface area contributed by atoms with E-state index in [0.29, 0.717) is 0 Å². The molecule has 1 atom stereocenters. The summed E-state index contributed by atoms with van der Waals surface area (Å²) in [4.78, 5) is 10.8. The van der Waals surface area contributed by atoms with E-state index in [1.165, 1.54) is 24.6 Å². The maximum atomic E-state index is 10.8. The van der Waals surface area contributed by atoms with Crippen molar-refractivity contribution in [3.63, 3.8) is 0 Å². The van der Waals surface area contributed by atoms with Crippen molar-refractivity contribution < 1.29 is 22.5 Å². The maximum absolute atomic E-state index is 10.8. The molecule has 0 radical (unpaired) electrons. The standard InChI is InChI=1S/C6H9O5S.Li/c1-5(2)6(7)11-3-4-12(8,9)10;/h4H,1,3H2,2H3,(H,8,9,10);. The van der Waals surface area contributed by atoms with Gasteiger partial charge in [0.1, 0.15) is 0 Å². The Morgan fingerprint density at radius 1 is 1.69 bits per heavy atom. The van der Waals surface area contributed by atoms with Gasteiger partial charge in [-0.15, -0.1) is 0 Å². The Morgan fingerprint density at radius 3 is 2.46 bits per heavy atom. The Kier molecular flexibility index (Phi) is 4.71. The van der Waals surface area contributed by atoms with Gasteiger partial charge in [0, 0.05) is 0 Å². The zero-order valence-corrected chi connectivity index (χ0v) is 8.30. The first-order valence-corrected chi connectivity index (χ1v) is 5.04. The molecule has 0 aliphatic carbocycles. The molecule has 0 spiro atoms. The van der Waals surface area contributed by atoms with Crippen LogP contribution in [0.3, 0.4) is 0 Å². The average molecular weight is 200 g/mol. The molecule has 0 rings (SSSR count). The third-order valence-corrected chi connectivity index (χ3v) is 2.46. The molecule has 1 unspecified atom stereocenters. The van der Waals surface area contributed by atoms with Crippen LogP contribution < -0.4 is 0 Å². The van der Waals surface area contributed by atoms with Gasteiger partial charge in [-0.2, -0.15) is 0 Å². The molecule has 0 bridgehead atoms. The first-order chi connectivity index (χ1) is 5.75. The molecule has 5 nitrogen and oxygen atoms in total. The molecule has 0 aromatic carbocycles. The minimum atomic E-state index is -4.13. The fourth-order valence-corrected chi connectivity index (χ4v) is 0.642. The zero-order chi connectivity index (χ0) is 10.6. The van der Waals surface area contributed by atoms with Crippen LogP contribution in [-0.4, -0.2) is 47.2 Å². The second-order valence-corrected chi connectivity index (χ2v) is 4.54. The van der Waals surface area contributed by atoms with E-state index in [-0.39, 0.29) is 12.2 Å². The zero-order valence-electron chi connectivity index (χ0n) is 7.48. The summed E-state index contributed by atoms with van der Waals surface area (Å²) in [5.74, 6) is -0.671. The predicted molar refractivity (Wildman–Crippen MR) is 46.9 cm³/mol. The number of esters is 1. The van der Waals surface area contributed by atoms with Gasteiger partial charge < -0.3 is 0 Å². The van der Waals surface area contributed by atoms with Gasteiger partial charge >= 0.3 is 85.9 Å². The van der Waals surface area contributed by atoms with Gasteiger partial charge in [0.25, 0.3) is 0 Å². The van der Waals surface area contributed by atoms with Gasteiger partial charge in [-0.3, -0.25) is 0 Å². The molecule has 0 aromatic rings. The van der Waals surface area contributed by atoms with E-state index in [4.69, 9.17) is 4.55 Å². The molecule has 7 heteroatoms. The van der Waals surface area contributed by atoms with E-state index in [1.807, 2.05) is 0 Å². The van der Waals surface area contributed by atoms with Crippen LogP contribution in [0.5, 0.6) is 0 Å². The second kappa shape index (κ2) is 4.82. The molecular weight excluding hydrogens is 191 g/mol. The van der Waals surface area contributed by atoms with Crippen molar-refractivity contribution in [2.45, 2.75) is 10.8 Å². The monoisotopic (exact) mass is 200 g/mol. The van der Waals surface area contributed by atoms with E-state index < -0.39 is 20.0 Å². The van der Waals surface area contributed by atoms with Crippen molar-refractivity contribution in [1.29, 1.82) is 0 Å². The predicted octanol–water partition coefficient (Wildman–Crippen LogP) is -0.512. The Bertz CT molecular complexity index is 307. The number of carbonyl (C=O) groups is 1. The van der Waals surface area contributed by atoms with Crippen molar-refractivity contribution in [2.24, 2.45) is 0 Å². The van der Waals surface area contributed by atoms with Crippen LogP contribution in [0, 0.1) is 0 Å². The number of ether oxygens (including phenoxy) is 1. The molecule has 0 amide bonds. The van der Waals surface area contributed by atoms with Crippen LogP contribution in [0.4, 0.5) is 0 Å². The van der Waals surface area contributed by atoms with E-state index in [0.717, 1.165) is 0 Å². The summed E-state index contributed by atoms with van der Waals surface area (Å²) < 4.78 is 32.8. The second-order valence-electron chi connectivity index (χ2n) is 2.70. The van der Waals surface area contributed by atoms with Crippen LogP contribution in [0.2, 0.25) is 0 Å². The van der Waals surface area contributed by atoms with Gasteiger partial charge in [-0.25, -0.2) is 0 Å². The topological polar surface area (TPSA) is 80.7 Å². The molecule has 70 valence electrons. The van der Waals surface area contributed by atoms with Crippen molar-refractivity contribution in [1.82, 2.24) is 0 Å². The van der Waals surface area contributed by atoms with Crippen molar-refractivity contribution in [2.75, 3.05) is 6.61 Å². The fourth-order valence-electron chi connectivity index (χ4n) is 0.402. The number of hydrogen-bond acceptors (Lipinski definition) is 4. The summed E-state index contributed by atoms with van der Waals surface area (Å²) in [7, 11) is -4.13. The minimum absolute atomic E-state index is 0.183. The van der Waals surface area contributed by atoms with Gasteiger partial charge in [-0.1, -0.05) is 0 Å². The quantitative estimate of drug-likeness (QED) is 0.286. The summed E-state index contributed by atoms with van der Waals surface area (Å²) in [5.41, 5.74) is 0.183. The Hall–Kier alpha value is -0.283. The molecule has 0 heterocycles. The normalized spacial score (nSPS) is 13.5. The van der Waals surface area contributed by atoms with Gasteiger partial charge in [0.15, 0.2) is 0 Å². The fraction of sp³-hybridized carbons (Fsp3) is 0.500. The van der Waals surface area contributed by atoms with E-state index >= 15 is 0 Å². The summed E-state index contributed by atoms with van der Waals surface area (Å²) in [6.07, 6.45) is 0. The van der Waals surface area contributed by atoms with E-state index in [2.05, 4.69) is 11.3 Å². The third kappa shape index (κ3) is 5.11. The summed E-state index contributed by atoms with van der Waals surface area (Å²) in [5, 5.41) is 0. The molecule has 13 heavy (non-hydrogen) atoms. The number of hydrogen-bond donors (Lipinski definition) is 1. The number of rotatable bonds is 4. The summed E-state index contributed by atoms with van der Waals surface area (Å²) >= 11 is 1.24. The van der Waals surface area contributed by atoms with E-state index in [9.17, 15) is 13.2 Å². The van der Waals surface area contributed by atoms with Crippen LogP contribution in [0.25, 0.3) is 0 Å². The molecule has 0 saturated heterocycles. The van der Waals surface area contributed by atoms with Crippen LogP contribution in [0.1, 0.15) is 6.92 Å². The Labute approximate surface area is 86.1 Å². The number of carbonyl (C=O) groups excluding carboxylic acids is 1. The molecular formula is C6H9LiO5S. The molecule has 0 saturated carbocycles. The van der Waals surface area contributed by atoms with E-state index in [1.54, 1.807) is 0 Å². The van der Waals surface area contributed by atoms with Crippen LogP contribution in [0.15, 0.2) is 12.2 Å². The molecule has 0 fully saturated rings.